The molecule has 0 spiro atoms. The maximum atomic E-state index is 12.3. The lowest BCUT2D eigenvalue weighted by Gasteiger charge is -2.30. The van der Waals surface area contributed by atoms with Crippen molar-refractivity contribution in [3.05, 3.63) is 0 Å². The number of carbonyl (C=O) groups excluding carboxylic acids is 1. The van der Waals surface area contributed by atoms with Crippen LogP contribution in [0.5, 0.6) is 0 Å². The Morgan fingerprint density at radius 2 is 1.90 bits per heavy atom. The SMILES string of the molecule is O=C(CN1CCN=CCNCCNCC1)N1CCOCC1. The second-order valence-corrected chi connectivity index (χ2v) is 5.31. The molecule has 2 N–H and O–H groups in total. The molecule has 0 radical (unpaired) electrons. The number of carbonyl (C=O) groups is 1. The van der Waals surface area contributed by atoms with E-state index in [9.17, 15) is 4.79 Å². The second kappa shape index (κ2) is 9.83. The quantitative estimate of drug-likeness (QED) is 0.643. The molecular weight excluding hydrogens is 270 g/mol. The first-order valence-electron chi connectivity index (χ1n) is 7.84. The maximum Gasteiger partial charge on any atom is 0.236 e. The van der Waals surface area contributed by atoms with E-state index in [0.717, 1.165) is 58.9 Å². The van der Waals surface area contributed by atoms with Crippen LogP contribution < -0.4 is 10.6 Å². The summed E-state index contributed by atoms with van der Waals surface area (Å²) in [5.74, 6) is 0.205. The van der Waals surface area contributed by atoms with Crippen molar-refractivity contribution in [1.29, 1.82) is 0 Å². The Kier molecular flexibility index (Phi) is 7.66. The van der Waals surface area contributed by atoms with Gasteiger partial charge in [-0.2, -0.15) is 0 Å². The molecule has 1 amide bonds. The molecule has 7 heteroatoms. The van der Waals surface area contributed by atoms with Crippen LogP contribution >= 0.6 is 0 Å². The minimum Gasteiger partial charge on any atom is -0.378 e. The minimum absolute atomic E-state index is 0.205. The van der Waals surface area contributed by atoms with Crippen molar-refractivity contribution >= 4 is 12.1 Å². The lowest BCUT2D eigenvalue weighted by atomic mass is 10.3. The average Bonchev–Trinajstić information content (AvgIpc) is 2.51. The largest absolute Gasteiger partial charge is 0.378 e. The van der Waals surface area contributed by atoms with Crippen molar-refractivity contribution in [3.63, 3.8) is 0 Å². The molecule has 0 aromatic carbocycles. The number of nitrogens with zero attached hydrogens (tertiary/aromatic N) is 3. The van der Waals surface area contributed by atoms with Crippen LogP contribution in [-0.4, -0.2) is 101 Å². The van der Waals surface area contributed by atoms with Gasteiger partial charge in [0.05, 0.1) is 26.3 Å². The molecular formula is C14H27N5O2. The number of nitrogens with one attached hydrogen (secondary N) is 2. The number of aliphatic imine (C=N–C) groups is 1. The van der Waals surface area contributed by atoms with Gasteiger partial charge in [-0.1, -0.05) is 0 Å². The van der Waals surface area contributed by atoms with E-state index in [-0.39, 0.29) is 5.91 Å². The fourth-order valence-electron chi connectivity index (χ4n) is 2.43. The Bertz CT molecular complexity index is 331. The molecule has 1 saturated heterocycles. The fraction of sp³-hybridized carbons (Fsp3) is 0.857. The van der Waals surface area contributed by atoms with E-state index >= 15 is 0 Å². The zero-order chi connectivity index (χ0) is 14.8. The fourth-order valence-corrected chi connectivity index (χ4v) is 2.43. The minimum atomic E-state index is 0.205. The van der Waals surface area contributed by atoms with Gasteiger partial charge in [-0.25, -0.2) is 0 Å². The van der Waals surface area contributed by atoms with E-state index in [0.29, 0.717) is 19.8 Å². The van der Waals surface area contributed by atoms with Crippen molar-refractivity contribution < 1.29 is 9.53 Å². The molecule has 2 aliphatic heterocycles. The van der Waals surface area contributed by atoms with Gasteiger partial charge in [0, 0.05) is 58.6 Å². The first-order valence-corrected chi connectivity index (χ1v) is 7.84. The Hall–Kier alpha value is -1.02. The molecule has 2 rings (SSSR count). The normalized spacial score (nSPS) is 23.3. The summed E-state index contributed by atoms with van der Waals surface area (Å²) >= 11 is 0. The van der Waals surface area contributed by atoms with Crippen LogP contribution in [0, 0.1) is 0 Å². The van der Waals surface area contributed by atoms with Crippen molar-refractivity contribution in [1.82, 2.24) is 20.4 Å². The summed E-state index contributed by atoms with van der Waals surface area (Å²) < 4.78 is 5.29. The molecule has 7 nitrogen and oxygen atoms in total. The molecule has 0 unspecified atom stereocenters. The van der Waals surface area contributed by atoms with Gasteiger partial charge in [0.25, 0.3) is 0 Å². The third-order valence-electron chi connectivity index (χ3n) is 3.72. The van der Waals surface area contributed by atoms with E-state index in [4.69, 9.17) is 4.74 Å². The number of ether oxygens (including phenoxy) is 1. The number of amides is 1. The van der Waals surface area contributed by atoms with Crippen LogP contribution in [0.2, 0.25) is 0 Å². The molecule has 0 aromatic rings. The standard InChI is InChI=1S/C14H27N5O2/c20-14(19-9-11-21-12-10-19)13-18-7-5-16-3-1-15-2-4-17-6-8-18/h3,15,17H,1-2,4-13H2. The monoisotopic (exact) mass is 297 g/mol. The second-order valence-electron chi connectivity index (χ2n) is 5.31. The first-order chi connectivity index (χ1) is 10.4. The van der Waals surface area contributed by atoms with Crippen molar-refractivity contribution in [2.24, 2.45) is 4.99 Å². The van der Waals surface area contributed by atoms with E-state index in [1.54, 1.807) is 0 Å². The van der Waals surface area contributed by atoms with Gasteiger partial charge in [0.15, 0.2) is 0 Å². The molecule has 0 atom stereocenters. The van der Waals surface area contributed by atoms with Crippen LogP contribution in [0.15, 0.2) is 4.99 Å². The summed E-state index contributed by atoms with van der Waals surface area (Å²) in [6, 6.07) is 0. The molecule has 120 valence electrons. The summed E-state index contributed by atoms with van der Waals surface area (Å²) in [5, 5.41) is 6.68. The highest BCUT2D eigenvalue weighted by atomic mass is 16.5. The predicted octanol–water partition coefficient (Wildman–Crippen LogP) is -1.59. The third kappa shape index (κ3) is 6.52. The predicted molar refractivity (Wildman–Crippen MR) is 82.9 cm³/mol. The number of morpholine rings is 1. The summed E-state index contributed by atoms with van der Waals surface area (Å²) in [5.41, 5.74) is 0. The Morgan fingerprint density at radius 3 is 2.76 bits per heavy atom. The number of hydrogen-bond acceptors (Lipinski definition) is 6. The van der Waals surface area contributed by atoms with Crippen LogP contribution in [0.4, 0.5) is 0 Å². The summed E-state index contributed by atoms with van der Waals surface area (Å²) in [7, 11) is 0. The molecule has 0 saturated carbocycles. The topological polar surface area (TPSA) is 69.2 Å². The molecule has 0 bridgehead atoms. The molecule has 21 heavy (non-hydrogen) atoms. The van der Waals surface area contributed by atoms with Gasteiger partial charge in [-0.05, 0) is 0 Å². The molecule has 0 aromatic heterocycles. The molecule has 0 aliphatic carbocycles. The van der Waals surface area contributed by atoms with Crippen LogP contribution in [0.3, 0.4) is 0 Å². The summed E-state index contributed by atoms with van der Waals surface area (Å²) in [6.07, 6.45) is 1.92. The number of rotatable bonds is 2. The van der Waals surface area contributed by atoms with Crippen LogP contribution in [-0.2, 0) is 9.53 Å². The summed E-state index contributed by atoms with van der Waals surface area (Å²) in [4.78, 5) is 20.8. The lowest BCUT2D eigenvalue weighted by molar-refractivity contribution is -0.136. The zero-order valence-electron chi connectivity index (χ0n) is 12.7. The van der Waals surface area contributed by atoms with Crippen LogP contribution in [0.1, 0.15) is 0 Å². The van der Waals surface area contributed by atoms with Gasteiger partial charge >= 0.3 is 0 Å². The van der Waals surface area contributed by atoms with E-state index in [1.807, 2.05) is 11.1 Å². The van der Waals surface area contributed by atoms with Gasteiger partial charge in [0.2, 0.25) is 5.91 Å². The molecule has 1 fully saturated rings. The van der Waals surface area contributed by atoms with Crippen molar-refractivity contribution in [2.45, 2.75) is 0 Å². The zero-order valence-corrected chi connectivity index (χ0v) is 12.7. The van der Waals surface area contributed by atoms with Gasteiger partial charge < -0.3 is 20.3 Å². The number of hydrogen-bond donors (Lipinski definition) is 2. The smallest absolute Gasteiger partial charge is 0.236 e. The van der Waals surface area contributed by atoms with Gasteiger partial charge in [-0.15, -0.1) is 0 Å². The van der Waals surface area contributed by atoms with Crippen molar-refractivity contribution in [3.8, 4) is 0 Å². The Labute approximate surface area is 126 Å². The van der Waals surface area contributed by atoms with Gasteiger partial charge in [0.1, 0.15) is 0 Å². The first kappa shape index (κ1) is 16.4. The maximum absolute atomic E-state index is 12.3. The van der Waals surface area contributed by atoms with Crippen LogP contribution in [0.25, 0.3) is 0 Å². The Balaban J connectivity index is 1.79. The van der Waals surface area contributed by atoms with E-state index in [2.05, 4.69) is 20.5 Å². The average molecular weight is 297 g/mol. The third-order valence-corrected chi connectivity index (χ3v) is 3.72. The van der Waals surface area contributed by atoms with E-state index < -0.39 is 0 Å². The van der Waals surface area contributed by atoms with E-state index in [1.165, 1.54) is 0 Å². The van der Waals surface area contributed by atoms with Crippen molar-refractivity contribution in [2.75, 3.05) is 78.7 Å². The highest BCUT2D eigenvalue weighted by Gasteiger charge is 2.19. The highest BCUT2D eigenvalue weighted by molar-refractivity contribution is 5.78. The van der Waals surface area contributed by atoms with Gasteiger partial charge in [-0.3, -0.25) is 14.7 Å². The highest BCUT2D eigenvalue weighted by Crippen LogP contribution is 1.99. The lowest BCUT2D eigenvalue weighted by Crippen LogP contribution is -2.47. The summed E-state index contributed by atoms with van der Waals surface area (Å²) in [6.45, 7) is 9.29. The molecule has 2 aliphatic rings. The Morgan fingerprint density at radius 1 is 1.10 bits per heavy atom. The molecule has 2 heterocycles.